The van der Waals surface area contributed by atoms with Crippen LogP contribution in [0.2, 0.25) is 0 Å². The average molecular weight is 302 g/mol. The summed E-state index contributed by atoms with van der Waals surface area (Å²) < 4.78 is 0. The van der Waals surface area contributed by atoms with Crippen LogP contribution >= 0.6 is 0 Å². The first-order chi connectivity index (χ1) is 9.26. The van der Waals surface area contributed by atoms with Crippen molar-refractivity contribution in [2.24, 2.45) is 0 Å². The zero-order chi connectivity index (χ0) is 16.3. The van der Waals surface area contributed by atoms with Gasteiger partial charge in [-0.25, -0.2) is 0 Å². The lowest BCUT2D eigenvalue weighted by atomic mass is 10.1. The second-order valence-electron chi connectivity index (χ2n) is 3.86. The Balaban J connectivity index is 0. The molecule has 10 heteroatoms. The minimum Gasteiger partial charge on any atom is -0.394 e. The molecule has 1 unspecified atom stereocenters. The zero-order valence-corrected chi connectivity index (χ0v) is 10.6. The van der Waals surface area contributed by atoms with Crippen molar-refractivity contribution in [1.82, 2.24) is 0 Å². The van der Waals surface area contributed by atoms with Gasteiger partial charge in [0, 0.05) is 0 Å². The van der Waals surface area contributed by atoms with Crippen LogP contribution < -0.4 is 0 Å². The van der Waals surface area contributed by atoms with Gasteiger partial charge in [0.25, 0.3) is 0 Å². The van der Waals surface area contributed by atoms with Gasteiger partial charge in [0.05, 0.1) is 19.8 Å². The molecule has 0 aromatic heterocycles. The summed E-state index contributed by atoms with van der Waals surface area (Å²) in [6.45, 7) is -1.97. The zero-order valence-electron chi connectivity index (χ0n) is 10.6. The highest BCUT2D eigenvalue weighted by molar-refractivity contribution is 5.56. The van der Waals surface area contributed by atoms with Gasteiger partial charge in [0.2, 0.25) is 0 Å². The van der Waals surface area contributed by atoms with Gasteiger partial charge in [0.1, 0.15) is 36.6 Å². The lowest BCUT2D eigenvalue weighted by Crippen LogP contribution is -2.41. The Morgan fingerprint density at radius 3 is 1.20 bits per heavy atom. The fraction of sp³-hybridized carbons (Fsp3) is 0.900. The predicted molar refractivity (Wildman–Crippen MR) is 63.4 cm³/mol. The summed E-state index contributed by atoms with van der Waals surface area (Å²) in [6.07, 6.45) is -8.92. The van der Waals surface area contributed by atoms with E-state index >= 15 is 0 Å². The largest absolute Gasteiger partial charge is 0.394 e. The summed E-state index contributed by atoms with van der Waals surface area (Å²) in [5.74, 6) is 0. The topological polar surface area (TPSA) is 199 Å². The van der Waals surface area contributed by atoms with Gasteiger partial charge in [-0.3, -0.25) is 0 Å². The van der Waals surface area contributed by atoms with Crippen molar-refractivity contribution >= 4 is 6.29 Å². The van der Waals surface area contributed by atoms with E-state index in [-0.39, 0.29) is 6.29 Å². The number of carbonyl (C=O) groups is 1. The molecule has 0 saturated carbocycles. The van der Waals surface area contributed by atoms with Crippen LogP contribution in [-0.4, -0.2) is 109 Å². The van der Waals surface area contributed by atoms with Gasteiger partial charge >= 0.3 is 0 Å². The first-order valence-corrected chi connectivity index (χ1v) is 5.62. The molecule has 0 rings (SSSR count). The summed E-state index contributed by atoms with van der Waals surface area (Å²) in [5, 5.41) is 76.6. The van der Waals surface area contributed by atoms with Crippen molar-refractivity contribution < 1.29 is 50.8 Å². The average Bonchev–Trinajstić information content (AvgIpc) is 2.50. The quantitative estimate of drug-likeness (QED) is 0.195. The molecule has 0 radical (unpaired) electrons. The van der Waals surface area contributed by atoms with E-state index in [1.165, 1.54) is 0 Å². The molecule has 20 heavy (non-hydrogen) atoms. The van der Waals surface area contributed by atoms with Crippen molar-refractivity contribution in [1.29, 1.82) is 0 Å². The highest BCUT2D eigenvalue weighted by Crippen LogP contribution is 1.98. The third-order valence-corrected chi connectivity index (χ3v) is 2.23. The van der Waals surface area contributed by atoms with Gasteiger partial charge in [-0.15, -0.1) is 0 Å². The molecular formula is C10H22O10. The maximum absolute atomic E-state index is 9.76. The normalized spacial score (nSPS) is 19.9. The van der Waals surface area contributed by atoms with Crippen LogP contribution in [0.3, 0.4) is 0 Å². The molecular weight excluding hydrogens is 280 g/mol. The molecule has 0 spiro atoms. The van der Waals surface area contributed by atoms with Crippen LogP contribution in [0, 0.1) is 0 Å². The molecule has 0 saturated heterocycles. The Labute approximate surface area is 114 Å². The molecule has 10 nitrogen and oxygen atoms in total. The van der Waals surface area contributed by atoms with E-state index in [1.54, 1.807) is 0 Å². The highest BCUT2D eigenvalue weighted by atomic mass is 16.4. The van der Waals surface area contributed by atoms with E-state index in [1.807, 2.05) is 0 Å². The molecule has 0 aromatic carbocycles. The fourth-order valence-electron chi connectivity index (χ4n) is 0.889. The van der Waals surface area contributed by atoms with Gasteiger partial charge < -0.3 is 50.8 Å². The number of hydrogen-bond acceptors (Lipinski definition) is 10. The van der Waals surface area contributed by atoms with Crippen molar-refractivity contribution in [3.8, 4) is 0 Å². The molecule has 0 fully saturated rings. The number of aliphatic hydroxyl groups is 9. The third kappa shape index (κ3) is 8.47. The minimum absolute atomic E-state index is 0.0869. The lowest BCUT2D eigenvalue weighted by molar-refractivity contribution is -0.127. The SMILES string of the molecule is O=C[C@H](O)[C@H](O)[C@H](O)CO.OC[C@@H](O)C(O)[C@@H](O)CO. The Kier molecular flexibility index (Phi) is 13.1. The van der Waals surface area contributed by atoms with Crippen molar-refractivity contribution in [2.75, 3.05) is 19.8 Å². The Morgan fingerprint density at radius 1 is 0.650 bits per heavy atom. The first kappa shape index (κ1) is 21.6. The molecule has 0 bridgehead atoms. The monoisotopic (exact) mass is 302 g/mol. The van der Waals surface area contributed by atoms with Gasteiger partial charge in [0.15, 0.2) is 6.29 Å². The number of aliphatic hydroxyl groups excluding tert-OH is 9. The van der Waals surface area contributed by atoms with Crippen LogP contribution in [0.4, 0.5) is 0 Å². The molecule has 0 aromatic rings. The maximum Gasteiger partial charge on any atom is 0.151 e. The molecule has 0 heterocycles. The predicted octanol–water partition coefficient (Wildman–Crippen LogP) is -5.69. The molecule has 122 valence electrons. The molecule has 6 atom stereocenters. The van der Waals surface area contributed by atoms with Crippen LogP contribution in [0.15, 0.2) is 0 Å². The Bertz CT molecular complexity index is 228. The third-order valence-electron chi connectivity index (χ3n) is 2.23. The Morgan fingerprint density at radius 2 is 0.950 bits per heavy atom. The Hall–Kier alpha value is -0.690. The smallest absolute Gasteiger partial charge is 0.151 e. The first-order valence-electron chi connectivity index (χ1n) is 5.62. The molecule has 0 aliphatic heterocycles. The summed E-state index contributed by atoms with van der Waals surface area (Å²) in [7, 11) is 0. The minimum atomic E-state index is -1.64. The fourth-order valence-corrected chi connectivity index (χ4v) is 0.889. The molecule has 9 N–H and O–H groups in total. The second-order valence-corrected chi connectivity index (χ2v) is 3.86. The van der Waals surface area contributed by atoms with E-state index in [0.29, 0.717) is 0 Å². The molecule has 0 amide bonds. The number of aldehydes is 1. The van der Waals surface area contributed by atoms with E-state index in [9.17, 15) is 4.79 Å². The number of rotatable bonds is 8. The van der Waals surface area contributed by atoms with E-state index in [2.05, 4.69) is 0 Å². The van der Waals surface area contributed by atoms with E-state index in [0.717, 1.165) is 0 Å². The van der Waals surface area contributed by atoms with Gasteiger partial charge in [-0.05, 0) is 0 Å². The highest BCUT2D eigenvalue weighted by Gasteiger charge is 2.23. The maximum atomic E-state index is 9.76. The molecule has 0 aliphatic rings. The van der Waals surface area contributed by atoms with Gasteiger partial charge in [-0.1, -0.05) is 0 Å². The summed E-state index contributed by atoms with van der Waals surface area (Å²) in [4.78, 5) is 9.76. The summed E-state index contributed by atoms with van der Waals surface area (Å²) in [5.41, 5.74) is 0. The van der Waals surface area contributed by atoms with Crippen LogP contribution in [-0.2, 0) is 4.79 Å². The second kappa shape index (κ2) is 12.1. The summed E-state index contributed by atoms with van der Waals surface area (Å²) in [6, 6.07) is 0. The van der Waals surface area contributed by atoms with Crippen molar-refractivity contribution in [2.45, 2.75) is 36.6 Å². The lowest BCUT2D eigenvalue weighted by Gasteiger charge is -2.19. The van der Waals surface area contributed by atoms with Gasteiger partial charge in [-0.2, -0.15) is 0 Å². The van der Waals surface area contributed by atoms with Crippen LogP contribution in [0.5, 0.6) is 0 Å². The van der Waals surface area contributed by atoms with E-state index in [4.69, 9.17) is 46.0 Å². The van der Waals surface area contributed by atoms with E-state index < -0.39 is 56.4 Å². The van der Waals surface area contributed by atoms with Crippen LogP contribution in [0.25, 0.3) is 0 Å². The number of carbonyl (C=O) groups excluding carboxylic acids is 1. The van der Waals surface area contributed by atoms with Crippen LogP contribution in [0.1, 0.15) is 0 Å². The van der Waals surface area contributed by atoms with Crippen molar-refractivity contribution in [3.05, 3.63) is 0 Å². The number of hydrogen-bond donors (Lipinski definition) is 9. The molecule has 0 aliphatic carbocycles. The standard InChI is InChI=1S/C5H12O5.C5H10O5/c2*6-1-3(8)5(10)4(9)2-7/h3-10H,1-2H2;1,3-5,7-10H,2H2/t3-,4+,5?;3-,4+,5-/m.0/s1. The summed E-state index contributed by atoms with van der Waals surface area (Å²) >= 11 is 0. The van der Waals surface area contributed by atoms with Crippen molar-refractivity contribution in [3.63, 3.8) is 0 Å².